The molecule has 0 bridgehead atoms. The van der Waals surface area contributed by atoms with Crippen molar-refractivity contribution in [3.8, 4) is 0 Å². The second-order valence-electron chi connectivity index (χ2n) is 12.0. The monoisotopic (exact) mass is 485 g/mol. The van der Waals surface area contributed by atoms with Crippen LogP contribution in [0.5, 0.6) is 0 Å². The minimum atomic E-state index is -4.33. The zero-order valence-electron chi connectivity index (χ0n) is 21.1. The molecule has 5 heteroatoms. The number of aromatic nitrogens is 1. The molecule has 1 aromatic carbocycles. The summed E-state index contributed by atoms with van der Waals surface area (Å²) >= 11 is 0. The minimum Gasteiger partial charge on any atom is -0.388 e. The topological polar surface area (TPSA) is 33.1 Å². The second-order valence-corrected chi connectivity index (χ2v) is 12.0. The van der Waals surface area contributed by atoms with Crippen molar-refractivity contribution < 1.29 is 18.3 Å². The van der Waals surface area contributed by atoms with Gasteiger partial charge in [0.15, 0.2) is 0 Å². The van der Waals surface area contributed by atoms with Crippen LogP contribution in [0.2, 0.25) is 0 Å². The predicted molar refractivity (Wildman–Crippen MR) is 133 cm³/mol. The molecule has 3 aliphatic carbocycles. The third-order valence-corrected chi connectivity index (χ3v) is 8.63. The van der Waals surface area contributed by atoms with Gasteiger partial charge in [-0.05, 0) is 85.1 Å². The van der Waals surface area contributed by atoms with Crippen LogP contribution in [0, 0.1) is 5.41 Å². The van der Waals surface area contributed by atoms with Gasteiger partial charge in [-0.2, -0.15) is 13.2 Å². The number of nitrogens with zero attached hydrogens (tertiary/aromatic N) is 1. The molecule has 0 spiro atoms. The fourth-order valence-electron chi connectivity index (χ4n) is 6.98. The van der Waals surface area contributed by atoms with Crippen LogP contribution in [0.15, 0.2) is 24.3 Å². The first-order valence-corrected chi connectivity index (χ1v) is 13.5. The standard InChI is InChI=1S/C30H38F3NO/c1-29(2)17-24-27(25(35)18-29)26(20-8-4-3-5-9-20)23(28(34-24)21-10-6-7-11-21)16-19-12-14-22(15-13-19)30(31,32)33/h12-15,20-21,25,35H,3-11,16-18H2,1-2H3. The number of pyridine rings is 1. The highest BCUT2D eigenvalue weighted by Crippen LogP contribution is 2.49. The van der Waals surface area contributed by atoms with Crippen molar-refractivity contribution in [2.75, 3.05) is 0 Å². The zero-order valence-corrected chi connectivity index (χ0v) is 21.1. The van der Waals surface area contributed by atoms with Gasteiger partial charge in [0.2, 0.25) is 0 Å². The number of alkyl halides is 3. The van der Waals surface area contributed by atoms with Gasteiger partial charge in [0.05, 0.1) is 11.7 Å². The van der Waals surface area contributed by atoms with Crippen molar-refractivity contribution in [3.63, 3.8) is 0 Å². The summed E-state index contributed by atoms with van der Waals surface area (Å²) in [6.07, 6.45) is 7.89. The van der Waals surface area contributed by atoms with Gasteiger partial charge in [-0.1, -0.05) is 58.1 Å². The number of halogens is 3. The number of aliphatic hydroxyl groups excluding tert-OH is 1. The molecule has 3 aliphatic rings. The quantitative estimate of drug-likeness (QED) is 0.472. The molecule has 0 amide bonds. The highest BCUT2D eigenvalue weighted by Gasteiger charge is 2.39. The van der Waals surface area contributed by atoms with E-state index < -0.39 is 17.8 Å². The molecular formula is C30H38F3NO. The normalized spacial score (nSPS) is 23.4. The highest BCUT2D eigenvalue weighted by molar-refractivity contribution is 5.49. The van der Waals surface area contributed by atoms with E-state index in [2.05, 4.69) is 13.8 Å². The van der Waals surface area contributed by atoms with E-state index in [0.29, 0.717) is 18.3 Å². The third-order valence-electron chi connectivity index (χ3n) is 8.63. The van der Waals surface area contributed by atoms with Gasteiger partial charge < -0.3 is 5.11 Å². The first kappa shape index (κ1) is 24.8. The van der Waals surface area contributed by atoms with Crippen LogP contribution < -0.4 is 0 Å². The van der Waals surface area contributed by atoms with Gasteiger partial charge in [-0.3, -0.25) is 4.98 Å². The summed E-state index contributed by atoms with van der Waals surface area (Å²) in [7, 11) is 0. The van der Waals surface area contributed by atoms with Crippen molar-refractivity contribution in [1.82, 2.24) is 4.98 Å². The lowest BCUT2D eigenvalue weighted by Crippen LogP contribution is -2.30. The van der Waals surface area contributed by atoms with E-state index in [1.54, 1.807) is 12.1 Å². The molecular weight excluding hydrogens is 447 g/mol. The van der Waals surface area contributed by atoms with Crippen LogP contribution in [-0.4, -0.2) is 10.1 Å². The van der Waals surface area contributed by atoms with Gasteiger partial charge in [-0.25, -0.2) is 0 Å². The van der Waals surface area contributed by atoms with Gasteiger partial charge in [-0.15, -0.1) is 0 Å². The van der Waals surface area contributed by atoms with Crippen molar-refractivity contribution >= 4 is 0 Å². The van der Waals surface area contributed by atoms with Crippen LogP contribution >= 0.6 is 0 Å². The Morgan fingerprint density at radius 1 is 0.886 bits per heavy atom. The molecule has 2 saturated carbocycles. The Morgan fingerprint density at radius 2 is 1.49 bits per heavy atom. The van der Waals surface area contributed by atoms with Gasteiger partial charge >= 0.3 is 6.18 Å². The summed E-state index contributed by atoms with van der Waals surface area (Å²) < 4.78 is 39.5. The number of rotatable bonds is 4. The SMILES string of the molecule is CC1(C)Cc2nc(C3CCCC3)c(Cc3ccc(C(F)(F)F)cc3)c(C3CCCCC3)c2C(O)C1. The maximum Gasteiger partial charge on any atom is 0.416 e. The average molecular weight is 486 g/mol. The van der Waals surface area contributed by atoms with Crippen LogP contribution in [0.3, 0.4) is 0 Å². The Labute approximate surface area is 207 Å². The largest absolute Gasteiger partial charge is 0.416 e. The maximum atomic E-state index is 13.2. The highest BCUT2D eigenvalue weighted by atomic mass is 19.4. The molecule has 0 saturated heterocycles. The molecule has 1 heterocycles. The first-order chi connectivity index (χ1) is 16.6. The number of hydrogen-bond acceptors (Lipinski definition) is 2. The molecule has 1 N–H and O–H groups in total. The van der Waals surface area contributed by atoms with Crippen LogP contribution in [0.1, 0.15) is 135 Å². The summed E-state index contributed by atoms with van der Waals surface area (Å²) in [6, 6.07) is 5.66. The first-order valence-electron chi connectivity index (χ1n) is 13.5. The van der Waals surface area contributed by atoms with E-state index in [1.807, 2.05) is 0 Å². The molecule has 35 heavy (non-hydrogen) atoms. The summed E-state index contributed by atoms with van der Waals surface area (Å²) in [5.74, 6) is 0.815. The minimum absolute atomic E-state index is 0.00510. The lowest BCUT2D eigenvalue weighted by atomic mass is 9.69. The third kappa shape index (κ3) is 5.16. The van der Waals surface area contributed by atoms with Crippen molar-refractivity contribution in [2.45, 2.75) is 115 Å². The fraction of sp³-hybridized carbons (Fsp3) is 0.633. The van der Waals surface area contributed by atoms with Crippen LogP contribution in [0.25, 0.3) is 0 Å². The summed E-state index contributed by atoms with van der Waals surface area (Å²) in [4.78, 5) is 5.31. The predicted octanol–water partition coefficient (Wildman–Crippen LogP) is 8.40. The van der Waals surface area contributed by atoms with Gasteiger partial charge in [0.25, 0.3) is 0 Å². The molecule has 5 rings (SSSR count). The van der Waals surface area contributed by atoms with E-state index >= 15 is 0 Å². The zero-order chi connectivity index (χ0) is 24.8. The molecule has 2 nitrogen and oxygen atoms in total. The Morgan fingerprint density at radius 3 is 2.11 bits per heavy atom. The maximum absolute atomic E-state index is 13.2. The van der Waals surface area contributed by atoms with Gasteiger partial charge in [0.1, 0.15) is 0 Å². The average Bonchev–Trinajstić information content (AvgIpc) is 3.33. The number of hydrogen-bond donors (Lipinski definition) is 1. The number of aliphatic hydroxyl groups is 1. The Balaban J connectivity index is 1.66. The van der Waals surface area contributed by atoms with E-state index in [4.69, 9.17) is 4.98 Å². The van der Waals surface area contributed by atoms with Crippen molar-refractivity contribution in [1.29, 1.82) is 0 Å². The molecule has 2 fully saturated rings. The van der Waals surface area contributed by atoms with Crippen molar-refractivity contribution in [3.05, 3.63) is 63.5 Å². The second kappa shape index (κ2) is 9.53. The van der Waals surface area contributed by atoms with E-state index in [0.717, 1.165) is 55.3 Å². The van der Waals surface area contributed by atoms with Crippen LogP contribution in [0.4, 0.5) is 13.2 Å². The lowest BCUT2D eigenvalue weighted by molar-refractivity contribution is -0.137. The molecule has 2 aromatic rings. The summed E-state index contributed by atoms with van der Waals surface area (Å²) in [5.41, 5.74) is 6.11. The Hall–Kier alpha value is -1.88. The van der Waals surface area contributed by atoms with Crippen LogP contribution in [-0.2, 0) is 19.0 Å². The molecule has 1 unspecified atom stereocenters. The molecule has 1 aromatic heterocycles. The summed E-state index contributed by atoms with van der Waals surface area (Å²) in [6.45, 7) is 4.43. The van der Waals surface area contributed by atoms with E-state index in [1.165, 1.54) is 61.1 Å². The van der Waals surface area contributed by atoms with Gasteiger partial charge in [0, 0.05) is 22.9 Å². The lowest BCUT2D eigenvalue weighted by Gasteiger charge is -2.39. The number of fused-ring (bicyclic) bond motifs is 1. The summed E-state index contributed by atoms with van der Waals surface area (Å²) in [5, 5.41) is 11.4. The van der Waals surface area contributed by atoms with Crippen molar-refractivity contribution in [2.24, 2.45) is 5.41 Å². The molecule has 0 aliphatic heterocycles. The molecule has 190 valence electrons. The number of benzene rings is 1. The fourth-order valence-corrected chi connectivity index (χ4v) is 6.98. The Bertz CT molecular complexity index is 1040. The van der Waals surface area contributed by atoms with E-state index in [-0.39, 0.29) is 5.41 Å². The molecule has 1 atom stereocenters. The molecule has 0 radical (unpaired) electrons. The van der Waals surface area contributed by atoms with E-state index in [9.17, 15) is 18.3 Å². The Kier molecular flexibility index (Phi) is 6.76. The smallest absolute Gasteiger partial charge is 0.388 e.